The van der Waals surface area contributed by atoms with Crippen molar-refractivity contribution in [2.75, 3.05) is 18.1 Å². The third-order valence-electron chi connectivity index (χ3n) is 4.97. The molecule has 0 bridgehead atoms. The number of hydrogen-bond donors (Lipinski definition) is 1. The second kappa shape index (κ2) is 8.30. The molecule has 0 aromatic heterocycles. The van der Waals surface area contributed by atoms with Crippen LogP contribution in [0.15, 0.2) is 24.3 Å². The quantitative estimate of drug-likeness (QED) is 0.693. The van der Waals surface area contributed by atoms with Gasteiger partial charge in [0.15, 0.2) is 15.9 Å². The molecule has 0 spiro atoms. The summed E-state index contributed by atoms with van der Waals surface area (Å²) in [7, 11) is -3.10. The third-order valence-corrected chi connectivity index (χ3v) is 6.73. The molecule has 0 unspecified atom stereocenters. The van der Waals surface area contributed by atoms with Crippen molar-refractivity contribution in [1.29, 1.82) is 0 Å². The molecular weight excluding hydrogens is 384 g/mol. The van der Waals surface area contributed by atoms with Crippen molar-refractivity contribution < 1.29 is 27.5 Å². The molecule has 9 heteroatoms. The number of likely N-dealkylation sites (tertiary alicyclic amines) is 1. The molecule has 3 rings (SSSR count). The monoisotopic (exact) mass is 408 g/mol. The van der Waals surface area contributed by atoms with Gasteiger partial charge in [-0.2, -0.15) is 0 Å². The Kier molecular flexibility index (Phi) is 6.02. The minimum absolute atomic E-state index is 0.0570. The van der Waals surface area contributed by atoms with Crippen LogP contribution in [-0.4, -0.2) is 61.3 Å². The van der Waals surface area contributed by atoms with E-state index >= 15 is 0 Å². The zero-order valence-electron chi connectivity index (χ0n) is 15.7. The Morgan fingerprint density at radius 3 is 2.57 bits per heavy atom. The first-order valence-electron chi connectivity index (χ1n) is 9.32. The molecule has 0 aliphatic carbocycles. The highest BCUT2D eigenvalue weighted by molar-refractivity contribution is 7.91. The number of esters is 1. The van der Waals surface area contributed by atoms with Crippen LogP contribution in [0.3, 0.4) is 0 Å². The number of carbonyl (C=O) groups excluding carboxylic acids is 3. The topological polar surface area (TPSA) is 110 Å². The van der Waals surface area contributed by atoms with Crippen LogP contribution in [0.4, 0.5) is 0 Å². The number of nitrogens with one attached hydrogen (secondary N) is 1. The smallest absolute Gasteiger partial charge is 0.338 e. The molecule has 0 saturated carbocycles. The number of benzene rings is 1. The largest absolute Gasteiger partial charge is 0.449 e. The highest BCUT2D eigenvalue weighted by Crippen LogP contribution is 2.16. The Hall–Kier alpha value is -2.42. The van der Waals surface area contributed by atoms with Gasteiger partial charge in [-0.05, 0) is 37.5 Å². The maximum absolute atomic E-state index is 12.2. The Labute approximate surface area is 164 Å². The predicted octanol–water partition coefficient (Wildman–Crippen LogP) is 0.658. The van der Waals surface area contributed by atoms with Crippen LogP contribution in [-0.2, 0) is 30.7 Å². The summed E-state index contributed by atoms with van der Waals surface area (Å²) in [4.78, 5) is 37.8. The summed E-state index contributed by atoms with van der Waals surface area (Å²) in [6.07, 6.45) is 0.792. The van der Waals surface area contributed by atoms with Crippen molar-refractivity contribution in [3.8, 4) is 0 Å². The summed E-state index contributed by atoms with van der Waals surface area (Å²) < 4.78 is 28.1. The van der Waals surface area contributed by atoms with E-state index in [0.29, 0.717) is 24.9 Å². The maximum Gasteiger partial charge on any atom is 0.338 e. The van der Waals surface area contributed by atoms with Crippen LogP contribution in [0, 0.1) is 0 Å². The average Bonchev–Trinajstić information content (AvgIpc) is 3.20. The molecule has 2 fully saturated rings. The molecule has 28 heavy (non-hydrogen) atoms. The molecule has 1 aromatic carbocycles. The van der Waals surface area contributed by atoms with Crippen LogP contribution in [0.5, 0.6) is 0 Å². The van der Waals surface area contributed by atoms with E-state index in [2.05, 4.69) is 5.32 Å². The van der Waals surface area contributed by atoms with Crippen molar-refractivity contribution in [1.82, 2.24) is 10.2 Å². The lowest BCUT2D eigenvalue weighted by molar-refractivity contribution is -0.129. The molecule has 1 N–H and O–H groups in total. The fraction of sp³-hybridized carbons (Fsp3) is 0.526. The molecule has 2 aliphatic heterocycles. The number of amides is 2. The van der Waals surface area contributed by atoms with Crippen molar-refractivity contribution >= 4 is 27.6 Å². The highest BCUT2D eigenvalue weighted by Gasteiger charge is 2.30. The van der Waals surface area contributed by atoms with Gasteiger partial charge in [0, 0.05) is 25.6 Å². The van der Waals surface area contributed by atoms with Gasteiger partial charge >= 0.3 is 5.97 Å². The number of carbonyl (C=O) groups is 3. The first-order chi connectivity index (χ1) is 13.2. The number of hydrogen-bond acceptors (Lipinski definition) is 6. The number of nitrogens with zero attached hydrogens (tertiary/aromatic N) is 1. The van der Waals surface area contributed by atoms with E-state index < -0.39 is 33.9 Å². The Balaban J connectivity index is 1.50. The molecule has 152 valence electrons. The molecule has 0 radical (unpaired) electrons. The van der Waals surface area contributed by atoms with Gasteiger partial charge in [0.1, 0.15) is 0 Å². The van der Waals surface area contributed by atoms with E-state index in [1.165, 1.54) is 6.92 Å². The van der Waals surface area contributed by atoms with Crippen LogP contribution >= 0.6 is 0 Å². The van der Waals surface area contributed by atoms with Gasteiger partial charge in [0.25, 0.3) is 5.91 Å². The summed E-state index contributed by atoms with van der Waals surface area (Å²) in [6.45, 7) is 2.71. The number of ether oxygens (including phenoxy) is 1. The molecule has 2 heterocycles. The molecule has 1 aromatic rings. The minimum Gasteiger partial charge on any atom is -0.449 e. The zero-order valence-corrected chi connectivity index (χ0v) is 16.5. The van der Waals surface area contributed by atoms with E-state index in [1.54, 1.807) is 29.2 Å². The molecule has 8 nitrogen and oxygen atoms in total. The summed E-state index contributed by atoms with van der Waals surface area (Å²) in [5.74, 6) is -1.04. The van der Waals surface area contributed by atoms with Gasteiger partial charge in [0.2, 0.25) is 5.91 Å². The van der Waals surface area contributed by atoms with Crippen molar-refractivity contribution in [2.24, 2.45) is 0 Å². The average molecular weight is 408 g/mol. The van der Waals surface area contributed by atoms with E-state index in [-0.39, 0.29) is 17.4 Å². The van der Waals surface area contributed by atoms with Gasteiger partial charge in [-0.15, -0.1) is 0 Å². The maximum atomic E-state index is 12.2. The van der Waals surface area contributed by atoms with Crippen molar-refractivity contribution in [3.05, 3.63) is 35.4 Å². The van der Waals surface area contributed by atoms with Crippen LogP contribution < -0.4 is 5.32 Å². The lowest BCUT2D eigenvalue weighted by atomic mass is 10.1. The fourth-order valence-corrected chi connectivity index (χ4v) is 5.02. The Morgan fingerprint density at radius 2 is 2.00 bits per heavy atom. The van der Waals surface area contributed by atoms with E-state index in [9.17, 15) is 22.8 Å². The van der Waals surface area contributed by atoms with Crippen LogP contribution in [0.1, 0.15) is 42.1 Å². The highest BCUT2D eigenvalue weighted by atomic mass is 32.2. The van der Waals surface area contributed by atoms with E-state index in [0.717, 1.165) is 18.5 Å². The standard InChI is InChI=1S/C19H24N2O6S/c1-13(18(23)20-16-8-10-28(25,26)12-16)27-19(24)15-6-4-14(5-7-15)11-21-9-2-3-17(21)22/h4-7,13,16H,2-3,8-12H2,1H3,(H,20,23)/t13-,16-/m1/s1. The summed E-state index contributed by atoms with van der Waals surface area (Å²) in [6, 6.07) is 6.29. The first kappa shape index (κ1) is 20.3. The molecule has 2 saturated heterocycles. The third kappa shape index (κ3) is 5.09. The summed E-state index contributed by atoms with van der Waals surface area (Å²) in [5, 5.41) is 2.61. The number of rotatable bonds is 6. The van der Waals surface area contributed by atoms with E-state index in [4.69, 9.17) is 4.74 Å². The summed E-state index contributed by atoms with van der Waals surface area (Å²) in [5.41, 5.74) is 1.22. The van der Waals surface area contributed by atoms with Gasteiger partial charge < -0.3 is 15.0 Å². The number of sulfone groups is 1. The van der Waals surface area contributed by atoms with Crippen LogP contribution in [0.25, 0.3) is 0 Å². The Morgan fingerprint density at radius 1 is 1.29 bits per heavy atom. The Bertz CT molecular complexity index is 865. The fourth-order valence-electron chi connectivity index (χ4n) is 3.35. The van der Waals surface area contributed by atoms with E-state index in [1.807, 2.05) is 0 Å². The SMILES string of the molecule is C[C@@H](OC(=O)c1ccc(CN2CCCC2=O)cc1)C(=O)N[C@@H]1CCS(=O)(=O)C1. The normalized spacial score (nSPS) is 22.1. The molecule has 2 aliphatic rings. The lowest BCUT2D eigenvalue weighted by Gasteiger charge is -2.17. The van der Waals surface area contributed by atoms with Crippen molar-refractivity contribution in [2.45, 2.75) is 44.9 Å². The van der Waals surface area contributed by atoms with Crippen molar-refractivity contribution in [3.63, 3.8) is 0 Å². The predicted molar refractivity (Wildman–Crippen MR) is 101 cm³/mol. The van der Waals surface area contributed by atoms with Crippen LogP contribution in [0.2, 0.25) is 0 Å². The lowest BCUT2D eigenvalue weighted by Crippen LogP contribution is -2.42. The molecule has 2 atom stereocenters. The minimum atomic E-state index is -3.10. The van der Waals surface area contributed by atoms with Gasteiger partial charge in [0.05, 0.1) is 17.1 Å². The molecule has 2 amide bonds. The first-order valence-corrected chi connectivity index (χ1v) is 11.1. The van der Waals surface area contributed by atoms with Gasteiger partial charge in [-0.3, -0.25) is 9.59 Å². The second-order valence-corrected chi connectivity index (χ2v) is 9.50. The zero-order chi connectivity index (χ0) is 20.3. The summed E-state index contributed by atoms with van der Waals surface area (Å²) >= 11 is 0. The molecular formula is C19H24N2O6S. The van der Waals surface area contributed by atoms with Gasteiger partial charge in [-0.25, -0.2) is 13.2 Å². The van der Waals surface area contributed by atoms with Gasteiger partial charge in [-0.1, -0.05) is 12.1 Å². The second-order valence-electron chi connectivity index (χ2n) is 7.27.